The number of sulfonamides is 1. The molecule has 2 N–H and O–H groups in total. The van der Waals surface area contributed by atoms with E-state index >= 15 is 0 Å². The van der Waals surface area contributed by atoms with Crippen LogP contribution in [0.4, 0.5) is 18.9 Å². The molecule has 0 radical (unpaired) electrons. The molecule has 0 bridgehead atoms. The van der Waals surface area contributed by atoms with Crippen molar-refractivity contribution in [2.24, 2.45) is 0 Å². The Bertz CT molecular complexity index is 615. The molecule has 5 nitrogen and oxygen atoms in total. The Morgan fingerprint density at radius 3 is 2.40 bits per heavy atom. The zero-order valence-electron chi connectivity index (χ0n) is 9.74. The summed E-state index contributed by atoms with van der Waals surface area (Å²) in [5.74, 6) is -2.02. The number of anilines is 1. The summed E-state index contributed by atoms with van der Waals surface area (Å²) in [6.45, 7) is 0. The maximum atomic E-state index is 12.4. The number of alkyl halides is 3. The quantitative estimate of drug-likeness (QED) is 0.868. The van der Waals surface area contributed by atoms with Crippen molar-refractivity contribution in [3.63, 3.8) is 0 Å². The fraction of sp³-hybridized carbons (Fsp3) is 0.300. The number of rotatable bonds is 5. The smallest absolute Gasteiger partial charge is 0.416 e. The van der Waals surface area contributed by atoms with Crippen molar-refractivity contribution >= 4 is 33.3 Å². The van der Waals surface area contributed by atoms with Crippen molar-refractivity contribution in [1.29, 1.82) is 0 Å². The zero-order valence-corrected chi connectivity index (χ0v) is 11.3. The molecular formula is C10H9ClF3NO4S. The number of carboxylic acids is 1. The molecule has 0 spiro atoms. The number of carboxylic acid groups (broad SMARTS) is 1. The first kappa shape index (κ1) is 16.6. The average molecular weight is 332 g/mol. The Labute approximate surface area is 117 Å². The van der Waals surface area contributed by atoms with Gasteiger partial charge in [-0.25, -0.2) is 8.42 Å². The SMILES string of the molecule is O=C(O)CCS(=O)(=O)Nc1ccc(C(F)(F)F)cc1Cl. The summed E-state index contributed by atoms with van der Waals surface area (Å²) < 4.78 is 62.1. The van der Waals surface area contributed by atoms with Gasteiger partial charge in [-0.1, -0.05) is 11.6 Å². The highest BCUT2D eigenvalue weighted by Crippen LogP contribution is 2.34. The highest BCUT2D eigenvalue weighted by molar-refractivity contribution is 7.92. The molecule has 0 heterocycles. The highest BCUT2D eigenvalue weighted by atomic mass is 35.5. The molecule has 0 unspecified atom stereocenters. The number of hydrogen-bond donors (Lipinski definition) is 2. The van der Waals surface area contributed by atoms with Gasteiger partial charge < -0.3 is 5.11 Å². The van der Waals surface area contributed by atoms with Crippen LogP contribution in [0, 0.1) is 0 Å². The normalized spacial score (nSPS) is 12.2. The number of nitrogens with one attached hydrogen (secondary N) is 1. The number of aliphatic carboxylic acids is 1. The lowest BCUT2D eigenvalue weighted by atomic mass is 10.2. The first-order valence-electron chi connectivity index (χ1n) is 5.10. The van der Waals surface area contributed by atoms with Crippen LogP contribution >= 0.6 is 11.6 Å². The third kappa shape index (κ3) is 4.89. The van der Waals surface area contributed by atoms with Gasteiger partial charge in [0.1, 0.15) is 0 Å². The molecule has 1 aromatic carbocycles. The lowest BCUT2D eigenvalue weighted by molar-refractivity contribution is -0.138. The Balaban J connectivity index is 2.91. The second-order valence-corrected chi connectivity index (χ2v) is 6.01. The molecule has 0 aliphatic carbocycles. The summed E-state index contributed by atoms with van der Waals surface area (Å²) >= 11 is 5.56. The molecule has 0 aliphatic heterocycles. The fourth-order valence-corrected chi connectivity index (χ4v) is 2.56. The Hall–Kier alpha value is -1.48. The van der Waals surface area contributed by atoms with Crippen LogP contribution in [0.5, 0.6) is 0 Å². The van der Waals surface area contributed by atoms with Crippen molar-refractivity contribution in [3.05, 3.63) is 28.8 Å². The van der Waals surface area contributed by atoms with Crippen LogP contribution in [0.15, 0.2) is 18.2 Å². The van der Waals surface area contributed by atoms with Gasteiger partial charge in [-0.2, -0.15) is 13.2 Å². The Morgan fingerprint density at radius 1 is 1.35 bits per heavy atom. The van der Waals surface area contributed by atoms with Crippen LogP contribution in [0.3, 0.4) is 0 Å². The lowest BCUT2D eigenvalue weighted by Gasteiger charge is -2.11. The first-order valence-corrected chi connectivity index (χ1v) is 7.13. The lowest BCUT2D eigenvalue weighted by Crippen LogP contribution is -2.19. The molecular weight excluding hydrogens is 323 g/mol. The maximum Gasteiger partial charge on any atom is 0.416 e. The predicted molar refractivity (Wildman–Crippen MR) is 66.1 cm³/mol. The summed E-state index contributed by atoms with van der Waals surface area (Å²) in [4.78, 5) is 10.3. The van der Waals surface area contributed by atoms with Gasteiger partial charge in [0.2, 0.25) is 10.0 Å². The molecule has 0 aromatic heterocycles. The van der Waals surface area contributed by atoms with Gasteiger partial charge in [0.15, 0.2) is 0 Å². The second-order valence-electron chi connectivity index (χ2n) is 3.76. The minimum Gasteiger partial charge on any atom is -0.481 e. The van der Waals surface area contributed by atoms with E-state index in [9.17, 15) is 26.4 Å². The molecule has 10 heteroatoms. The van der Waals surface area contributed by atoms with Gasteiger partial charge in [0, 0.05) is 0 Å². The van der Waals surface area contributed by atoms with E-state index in [1.165, 1.54) is 0 Å². The van der Waals surface area contributed by atoms with Crippen LogP contribution in [-0.2, 0) is 21.0 Å². The molecule has 112 valence electrons. The van der Waals surface area contributed by atoms with E-state index in [-0.39, 0.29) is 5.69 Å². The van der Waals surface area contributed by atoms with E-state index in [1.807, 2.05) is 4.72 Å². The monoisotopic (exact) mass is 331 g/mol. The summed E-state index contributed by atoms with van der Waals surface area (Å²) in [6.07, 6.45) is -5.22. The van der Waals surface area contributed by atoms with E-state index < -0.39 is 44.9 Å². The molecule has 20 heavy (non-hydrogen) atoms. The van der Waals surface area contributed by atoms with Crippen LogP contribution in [-0.4, -0.2) is 25.2 Å². The molecule has 0 saturated carbocycles. The molecule has 0 amide bonds. The van der Waals surface area contributed by atoms with E-state index in [1.54, 1.807) is 0 Å². The number of carbonyl (C=O) groups is 1. The topological polar surface area (TPSA) is 83.5 Å². The van der Waals surface area contributed by atoms with E-state index in [0.29, 0.717) is 12.1 Å². The third-order valence-corrected chi connectivity index (χ3v) is 3.73. The van der Waals surface area contributed by atoms with Crippen LogP contribution in [0.25, 0.3) is 0 Å². The average Bonchev–Trinajstić information content (AvgIpc) is 2.28. The maximum absolute atomic E-state index is 12.4. The largest absolute Gasteiger partial charge is 0.481 e. The van der Waals surface area contributed by atoms with Gasteiger partial charge in [-0.3, -0.25) is 9.52 Å². The Kier molecular flexibility index (Phi) is 4.87. The van der Waals surface area contributed by atoms with Gasteiger partial charge in [0.05, 0.1) is 28.4 Å². The van der Waals surface area contributed by atoms with E-state index in [4.69, 9.17) is 16.7 Å². The van der Waals surface area contributed by atoms with Crippen molar-refractivity contribution in [2.45, 2.75) is 12.6 Å². The number of hydrogen-bond acceptors (Lipinski definition) is 3. The van der Waals surface area contributed by atoms with E-state index in [0.717, 1.165) is 6.07 Å². The molecule has 0 atom stereocenters. The second kappa shape index (κ2) is 5.88. The van der Waals surface area contributed by atoms with Crippen molar-refractivity contribution in [3.8, 4) is 0 Å². The van der Waals surface area contributed by atoms with Crippen molar-refractivity contribution < 1.29 is 31.5 Å². The summed E-state index contributed by atoms with van der Waals surface area (Å²) in [6, 6.07) is 2.11. The molecule has 0 fully saturated rings. The van der Waals surface area contributed by atoms with Gasteiger partial charge in [-0.05, 0) is 18.2 Å². The molecule has 0 aliphatic rings. The van der Waals surface area contributed by atoms with Gasteiger partial charge in [-0.15, -0.1) is 0 Å². The molecule has 1 rings (SSSR count). The highest BCUT2D eigenvalue weighted by Gasteiger charge is 2.31. The van der Waals surface area contributed by atoms with Gasteiger partial charge >= 0.3 is 12.1 Å². The van der Waals surface area contributed by atoms with Crippen LogP contribution < -0.4 is 4.72 Å². The van der Waals surface area contributed by atoms with Crippen molar-refractivity contribution in [2.75, 3.05) is 10.5 Å². The van der Waals surface area contributed by atoms with Crippen molar-refractivity contribution in [1.82, 2.24) is 0 Å². The standard InChI is InChI=1S/C10H9ClF3NO4S/c11-7-5-6(10(12,13)14)1-2-8(7)15-20(18,19)4-3-9(16)17/h1-2,5,15H,3-4H2,(H,16,17). The minimum absolute atomic E-state index is 0.245. The number of benzene rings is 1. The van der Waals surface area contributed by atoms with Crippen LogP contribution in [0.1, 0.15) is 12.0 Å². The zero-order chi connectivity index (χ0) is 15.6. The third-order valence-electron chi connectivity index (χ3n) is 2.15. The summed E-state index contributed by atoms with van der Waals surface area (Å²) in [5, 5.41) is 7.95. The first-order chi connectivity index (χ1) is 9.01. The summed E-state index contributed by atoms with van der Waals surface area (Å²) in [5.41, 5.74) is -1.26. The Morgan fingerprint density at radius 2 is 1.95 bits per heavy atom. The van der Waals surface area contributed by atoms with E-state index in [2.05, 4.69) is 0 Å². The van der Waals surface area contributed by atoms with Crippen LogP contribution in [0.2, 0.25) is 5.02 Å². The summed E-state index contributed by atoms with van der Waals surface area (Å²) in [7, 11) is -4.00. The minimum atomic E-state index is -4.59. The number of halogens is 4. The molecule has 1 aromatic rings. The fourth-order valence-electron chi connectivity index (χ4n) is 1.21. The molecule has 0 saturated heterocycles. The van der Waals surface area contributed by atoms with Gasteiger partial charge in [0.25, 0.3) is 0 Å². The predicted octanol–water partition coefficient (Wildman–Crippen LogP) is 2.58.